The van der Waals surface area contributed by atoms with Gasteiger partial charge in [0.2, 0.25) is 0 Å². The van der Waals surface area contributed by atoms with E-state index in [0.29, 0.717) is 18.5 Å². The van der Waals surface area contributed by atoms with Crippen molar-refractivity contribution in [2.24, 2.45) is 0 Å². The Hall–Kier alpha value is -2.47. The summed E-state index contributed by atoms with van der Waals surface area (Å²) in [4.78, 5) is 24.7. The second-order valence-electron chi connectivity index (χ2n) is 5.25. The summed E-state index contributed by atoms with van der Waals surface area (Å²) in [7, 11) is 1.62. The van der Waals surface area contributed by atoms with Gasteiger partial charge in [0, 0.05) is 11.4 Å². The van der Waals surface area contributed by atoms with Crippen LogP contribution in [0.25, 0.3) is 0 Å². The number of hydrogen-bond donors (Lipinski definition) is 1. The lowest BCUT2D eigenvalue weighted by Crippen LogP contribution is -2.30. The summed E-state index contributed by atoms with van der Waals surface area (Å²) in [5, 5.41) is 2.73. The second kappa shape index (κ2) is 9.74. The number of carbonyl (C=O) groups excluding carboxylic acids is 2. The Morgan fingerprint density at radius 3 is 2.32 bits per heavy atom. The van der Waals surface area contributed by atoms with E-state index in [2.05, 4.69) is 5.32 Å². The molecule has 0 aliphatic heterocycles. The van der Waals surface area contributed by atoms with Crippen molar-refractivity contribution >= 4 is 23.6 Å². The zero-order valence-corrected chi connectivity index (χ0v) is 15.1. The van der Waals surface area contributed by atoms with Crippen molar-refractivity contribution in [2.75, 3.05) is 26.5 Å². The van der Waals surface area contributed by atoms with Gasteiger partial charge in [-0.05, 0) is 54.6 Å². The van der Waals surface area contributed by atoms with Crippen LogP contribution in [0.5, 0.6) is 5.75 Å². The number of carbonyl (C=O) groups is 2. The molecule has 0 unspecified atom stereocenters. The van der Waals surface area contributed by atoms with E-state index in [4.69, 9.17) is 9.47 Å². The summed E-state index contributed by atoms with van der Waals surface area (Å²) in [6, 6.07) is 14.7. The molecule has 2 aromatic rings. The second-order valence-corrected chi connectivity index (χ2v) is 6.13. The molecule has 0 saturated heterocycles. The van der Waals surface area contributed by atoms with Crippen LogP contribution in [-0.2, 0) is 16.0 Å². The van der Waals surface area contributed by atoms with Crippen LogP contribution in [0.4, 0.5) is 0 Å². The zero-order valence-electron chi connectivity index (χ0n) is 14.3. The molecule has 0 atom stereocenters. The van der Waals surface area contributed by atoms with E-state index in [-0.39, 0.29) is 12.5 Å². The number of esters is 1. The Bertz CT molecular complexity index is 698. The average molecular weight is 359 g/mol. The summed E-state index contributed by atoms with van der Waals surface area (Å²) < 4.78 is 10.1. The predicted octanol–water partition coefficient (Wildman–Crippen LogP) is 2.93. The van der Waals surface area contributed by atoms with Gasteiger partial charge in [0.1, 0.15) is 5.75 Å². The molecule has 0 radical (unpaired) electrons. The standard InChI is InChI=1S/C19H21NO4S/c1-23-16-7-3-14(4-8-16)11-12-20-18(21)13-24-19(22)15-5-9-17(25-2)10-6-15/h3-10H,11-13H2,1-2H3,(H,20,21). The van der Waals surface area contributed by atoms with E-state index in [0.717, 1.165) is 16.2 Å². The lowest BCUT2D eigenvalue weighted by atomic mass is 10.1. The smallest absolute Gasteiger partial charge is 0.338 e. The highest BCUT2D eigenvalue weighted by atomic mass is 32.2. The molecular weight excluding hydrogens is 338 g/mol. The molecule has 0 saturated carbocycles. The van der Waals surface area contributed by atoms with Crippen molar-refractivity contribution in [1.29, 1.82) is 0 Å². The van der Waals surface area contributed by atoms with Gasteiger partial charge in [-0.25, -0.2) is 4.79 Å². The Balaban J connectivity index is 1.69. The highest BCUT2D eigenvalue weighted by Gasteiger charge is 2.10. The van der Waals surface area contributed by atoms with E-state index >= 15 is 0 Å². The number of thioether (sulfide) groups is 1. The lowest BCUT2D eigenvalue weighted by molar-refractivity contribution is -0.124. The first-order valence-electron chi connectivity index (χ1n) is 7.83. The molecule has 2 rings (SSSR count). The van der Waals surface area contributed by atoms with Gasteiger partial charge < -0.3 is 14.8 Å². The number of rotatable bonds is 8. The lowest BCUT2D eigenvalue weighted by Gasteiger charge is -2.07. The number of hydrogen-bond acceptors (Lipinski definition) is 5. The van der Waals surface area contributed by atoms with Gasteiger partial charge in [-0.1, -0.05) is 12.1 Å². The third-order valence-corrected chi connectivity index (χ3v) is 4.30. The summed E-state index contributed by atoms with van der Waals surface area (Å²) >= 11 is 1.59. The topological polar surface area (TPSA) is 64.6 Å². The van der Waals surface area contributed by atoms with Gasteiger partial charge in [-0.2, -0.15) is 0 Å². The minimum Gasteiger partial charge on any atom is -0.497 e. The van der Waals surface area contributed by atoms with Gasteiger partial charge in [-0.3, -0.25) is 4.79 Å². The molecule has 25 heavy (non-hydrogen) atoms. The largest absolute Gasteiger partial charge is 0.497 e. The molecule has 0 aliphatic rings. The van der Waals surface area contributed by atoms with Crippen LogP contribution in [0.1, 0.15) is 15.9 Å². The normalized spacial score (nSPS) is 10.2. The average Bonchev–Trinajstić information content (AvgIpc) is 2.66. The maximum absolute atomic E-state index is 11.9. The van der Waals surface area contributed by atoms with Crippen molar-refractivity contribution in [3.63, 3.8) is 0 Å². The zero-order chi connectivity index (χ0) is 18.1. The summed E-state index contributed by atoms with van der Waals surface area (Å²) in [5.74, 6) is -0.0224. The van der Waals surface area contributed by atoms with E-state index < -0.39 is 5.97 Å². The summed E-state index contributed by atoms with van der Waals surface area (Å²) in [6.07, 6.45) is 2.66. The van der Waals surface area contributed by atoms with Gasteiger partial charge in [0.25, 0.3) is 5.91 Å². The van der Waals surface area contributed by atoms with Crippen LogP contribution in [0.2, 0.25) is 0 Å². The third-order valence-electron chi connectivity index (χ3n) is 3.55. The molecule has 0 bridgehead atoms. The molecule has 5 nitrogen and oxygen atoms in total. The number of amides is 1. The Morgan fingerprint density at radius 2 is 1.72 bits per heavy atom. The van der Waals surface area contributed by atoms with Crippen molar-refractivity contribution in [3.05, 3.63) is 59.7 Å². The first kappa shape index (κ1) is 18.9. The monoisotopic (exact) mass is 359 g/mol. The number of methoxy groups -OCH3 is 1. The first-order valence-corrected chi connectivity index (χ1v) is 9.05. The third kappa shape index (κ3) is 6.15. The SMILES string of the molecule is COc1ccc(CCNC(=O)COC(=O)c2ccc(SC)cc2)cc1. The molecule has 0 fully saturated rings. The molecule has 0 aromatic heterocycles. The highest BCUT2D eigenvalue weighted by molar-refractivity contribution is 7.98. The van der Waals surface area contributed by atoms with Crippen LogP contribution in [0.3, 0.4) is 0 Å². The molecule has 0 spiro atoms. The highest BCUT2D eigenvalue weighted by Crippen LogP contribution is 2.15. The van der Waals surface area contributed by atoms with Crippen LogP contribution in [0, 0.1) is 0 Å². The quantitative estimate of drug-likeness (QED) is 0.580. The predicted molar refractivity (Wildman–Crippen MR) is 98.2 cm³/mol. The van der Waals surface area contributed by atoms with Crippen LogP contribution < -0.4 is 10.1 Å². The molecule has 2 aromatic carbocycles. The molecular formula is C19H21NO4S. The maximum atomic E-state index is 11.9. The van der Waals surface area contributed by atoms with Crippen molar-refractivity contribution in [3.8, 4) is 5.75 Å². The first-order chi connectivity index (χ1) is 12.1. The molecule has 1 N–H and O–H groups in total. The minimum atomic E-state index is -0.502. The van der Waals surface area contributed by atoms with Gasteiger partial charge in [0.05, 0.1) is 12.7 Å². The van der Waals surface area contributed by atoms with E-state index in [9.17, 15) is 9.59 Å². The molecule has 6 heteroatoms. The summed E-state index contributed by atoms with van der Waals surface area (Å²) in [5.41, 5.74) is 1.52. The molecule has 0 aliphatic carbocycles. The Labute approximate surface area is 151 Å². The van der Waals surface area contributed by atoms with Gasteiger partial charge >= 0.3 is 5.97 Å². The number of benzene rings is 2. The fraction of sp³-hybridized carbons (Fsp3) is 0.263. The number of nitrogens with one attached hydrogen (secondary N) is 1. The Kier molecular flexibility index (Phi) is 7.35. The van der Waals surface area contributed by atoms with Crippen LogP contribution in [0.15, 0.2) is 53.4 Å². The molecule has 0 heterocycles. The van der Waals surface area contributed by atoms with Crippen molar-refractivity contribution < 1.29 is 19.1 Å². The van der Waals surface area contributed by atoms with Gasteiger partial charge in [-0.15, -0.1) is 11.8 Å². The van der Waals surface area contributed by atoms with Gasteiger partial charge in [0.15, 0.2) is 6.61 Å². The maximum Gasteiger partial charge on any atom is 0.338 e. The molecule has 1 amide bonds. The van der Waals surface area contributed by atoms with E-state index in [1.165, 1.54) is 0 Å². The minimum absolute atomic E-state index is 0.286. The van der Waals surface area contributed by atoms with E-state index in [1.807, 2.05) is 42.7 Å². The van der Waals surface area contributed by atoms with Crippen molar-refractivity contribution in [1.82, 2.24) is 5.32 Å². The summed E-state index contributed by atoms with van der Waals surface area (Å²) in [6.45, 7) is 0.191. The van der Waals surface area contributed by atoms with Crippen molar-refractivity contribution in [2.45, 2.75) is 11.3 Å². The van der Waals surface area contributed by atoms with Crippen LogP contribution >= 0.6 is 11.8 Å². The van der Waals surface area contributed by atoms with E-state index in [1.54, 1.807) is 31.0 Å². The fourth-order valence-electron chi connectivity index (χ4n) is 2.13. The molecule has 132 valence electrons. The fourth-order valence-corrected chi connectivity index (χ4v) is 2.54. The number of ether oxygens (including phenoxy) is 2. The van der Waals surface area contributed by atoms with Crippen LogP contribution in [-0.4, -0.2) is 38.4 Å². The Morgan fingerprint density at radius 1 is 1.04 bits per heavy atom.